The van der Waals surface area contributed by atoms with E-state index in [4.69, 9.17) is 4.74 Å². The third-order valence-corrected chi connectivity index (χ3v) is 2.52. The number of ether oxygens (including phenoxy) is 1. The third-order valence-electron chi connectivity index (χ3n) is 1.70. The zero-order valence-electron chi connectivity index (χ0n) is 10.5. The van der Waals surface area contributed by atoms with Crippen molar-refractivity contribution in [3.05, 3.63) is 47.9 Å². The lowest BCUT2D eigenvalue weighted by Gasteiger charge is -2.09. The van der Waals surface area contributed by atoms with E-state index < -0.39 is 0 Å². The number of para-hydroxylation sites is 1. The van der Waals surface area contributed by atoms with Crippen LogP contribution in [0.3, 0.4) is 0 Å². The summed E-state index contributed by atoms with van der Waals surface area (Å²) in [6.45, 7) is 13.8. The number of benzene rings is 1. The summed E-state index contributed by atoms with van der Waals surface area (Å²) in [5.74, 6) is 0.853. The van der Waals surface area contributed by atoms with Gasteiger partial charge >= 0.3 is 0 Å². The Kier molecular flexibility index (Phi) is 7.48. The molecule has 0 aliphatic rings. The van der Waals surface area contributed by atoms with Gasteiger partial charge in [0.1, 0.15) is 5.75 Å². The highest BCUT2D eigenvalue weighted by Crippen LogP contribution is 2.35. The van der Waals surface area contributed by atoms with Crippen LogP contribution in [0.15, 0.2) is 42.3 Å². The Morgan fingerprint density at radius 2 is 1.75 bits per heavy atom. The standard InChI is InChI=1S/C12H14OS.C2H6/c1-9(2)14-10(3)11-7-5-6-8-12(11)13-4;1-2/h5-8H,1,3H2,2,4H3;1-2H3. The minimum atomic E-state index is 0.853. The highest BCUT2D eigenvalue weighted by molar-refractivity contribution is 8.11. The maximum Gasteiger partial charge on any atom is 0.127 e. The van der Waals surface area contributed by atoms with Crippen LogP contribution in [0.25, 0.3) is 4.91 Å². The summed E-state index contributed by atoms with van der Waals surface area (Å²) in [4.78, 5) is 2.00. The molecule has 2 heteroatoms. The molecule has 0 heterocycles. The molecule has 1 rings (SSSR count). The van der Waals surface area contributed by atoms with Crippen LogP contribution in [-0.2, 0) is 0 Å². The zero-order valence-corrected chi connectivity index (χ0v) is 11.4. The summed E-state index contributed by atoms with van der Waals surface area (Å²) in [7, 11) is 1.66. The van der Waals surface area contributed by atoms with E-state index in [0.29, 0.717) is 0 Å². The Morgan fingerprint density at radius 1 is 1.19 bits per heavy atom. The first-order valence-corrected chi connectivity index (χ1v) is 6.12. The zero-order chi connectivity index (χ0) is 12.6. The fraction of sp³-hybridized carbons (Fsp3) is 0.286. The molecule has 0 aliphatic carbocycles. The second-order valence-corrected chi connectivity index (χ2v) is 4.32. The molecule has 0 radical (unpaired) electrons. The highest BCUT2D eigenvalue weighted by Gasteiger charge is 2.05. The molecule has 16 heavy (non-hydrogen) atoms. The molecule has 0 aromatic heterocycles. The first kappa shape index (κ1) is 14.8. The minimum absolute atomic E-state index is 0.853. The summed E-state index contributed by atoms with van der Waals surface area (Å²) in [5.41, 5.74) is 1.03. The maximum absolute atomic E-state index is 5.24. The van der Waals surface area contributed by atoms with Gasteiger partial charge < -0.3 is 4.74 Å². The van der Waals surface area contributed by atoms with E-state index in [1.807, 2.05) is 45.0 Å². The quantitative estimate of drug-likeness (QED) is 0.730. The van der Waals surface area contributed by atoms with Crippen LogP contribution in [0, 0.1) is 0 Å². The number of rotatable bonds is 4. The second-order valence-electron chi connectivity index (χ2n) is 2.93. The molecule has 0 unspecified atom stereocenters. The van der Waals surface area contributed by atoms with Crippen LogP contribution < -0.4 is 4.74 Å². The van der Waals surface area contributed by atoms with E-state index in [1.54, 1.807) is 18.9 Å². The van der Waals surface area contributed by atoms with E-state index in [9.17, 15) is 0 Å². The van der Waals surface area contributed by atoms with E-state index in [1.165, 1.54) is 0 Å². The Balaban J connectivity index is 0.00000106. The summed E-state index contributed by atoms with van der Waals surface area (Å²) >= 11 is 1.57. The predicted octanol–water partition coefficient (Wildman–Crippen LogP) is 4.96. The van der Waals surface area contributed by atoms with Gasteiger partial charge in [-0.2, -0.15) is 0 Å². The Hall–Kier alpha value is -1.15. The molecule has 0 spiro atoms. The molecule has 0 saturated heterocycles. The van der Waals surface area contributed by atoms with E-state index >= 15 is 0 Å². The maximum atomic E-state index is 5.24. The van der Waals surface area contributed by atoms with Crippen molar-refractivity contribution in [1.82, 2.24) is 0 Å². The summed E-state index contributed by atoms with van der Waals surface area (Å²) < 4.78 is 5.24. The van der Waals surface area contributed by atoms with Gasteiger partial charge in [0.15, 0.2) is 0 Å². The largest absolute Gasteiger partial charge is 0.496 e. The Labute approximate surface area is 103 Å². The van der Waals surface area contributed by atoms with Crippen LogP contribution >= 0.6 is 11.8 Å². The average Bonchev–Trinajstić information content (AvgIpc) is 2.30. The van der Waals surface area contributed by atoms with Crippen molar-refractivity contribution in [2.24, 2.45) is 0 Å². The van der Waals surface area contributed by atoms with Gasteiger partial charge in [-0.25, -0.2) is 0 Å². The molecule has 0 amide bonds. The first-order chi connectivity index (χ1) is 7.65. The molecule has 0 aliphatic heterocycles. The predicted molar refractivity (Wildman–Crippen MR) is 75.8 cm³/mol. The van der Waals surface area contributed by atoms with Crippen molar-refractivity contribution < 1.29 is 4.74 Å². The number of thioether (sulfide) groups is 1. The fourth-order valence-electron chi connectivity index (χ4n) is 1.14. The molecule has 1 aromatic carbocycles. The van der Waals surface area contributed by atoms with Crippen molar-refractivity contribution >= 4 is 16.7 Å². The number of hydrogen-bond acceptors (Lipinski definition) is 2. The van der Waals surface area contributed by atoms with E-state index in [-0.39, 0.29) is 0 Å². The van der Waals surface area contributed by atoms with Crippen molar-refractivity contribution in [2.45, 2.75) is 20.8 Å². The second kappa shape index (κ2) is 8.05. The molecular formula is C14H20OS. The van der Waals surface area contributed by atoms with E-state index in [2.05, 4.69) is 13.2 Å². The topological polar surface area (TPSA) is 9.23 Å². The average molecular weight is 236 g/mol. The summed E-state index contributed by atoms with van der Waals surface area (Å²) in [6.07, 6.45) is 0. The van der Waals surface area contributed by atoms with Crippen molar-refractivity contribution in [3.63, 3.8) is 0 Å². The lowest BCUT2D eigenvalue weighted by atomic mass is 10.2. The molecule has 1 aromatic rings. The number of methoxy groups -OCH3 is 1. The third kappa shape index (κ3) is 4.58. The van der Waals surface area contributed by atoms with Gasteiger partial charge in [0.05, 0.1) is 7.11 Å². The Bertz CT molecular complexity index is 356. The van der Waals surface area contributed by atoms with E-state index in [0.717, 1.165) is 21.1 Å². The molecule has 1 nitrogen and oxygen atoms in total. The van der Waals surface area contributed by atoms with Crippen LogP contribution in [0.1, 0.15) is 26.3 Å². The van der Waals surface area contributed by atoms with Crippen LogP contribution in [-0.4, -0.2) is 7.11 Å². The van der Waals surface area contributed by atoms with Crippen LogP contribution in [0.5, 0.6) is 5.75 Å². The number of allylic oxidation sites excluding steroid dienone is 1. The molecule has 0 fully saturated rings. The molecule has 88 valence electrons. The monoisotopic (exact) mass is 236 g/mol. The fourth-order valence-corrected chi connectivity index (χ4v) is 1.84. The lowest BCUT2D eigenvalue weighted by Crippen LogP contribution is -1.88. The normalized spacial score (nSPS) is 8.75. The van der Waals surface area contributed by atoms with Gasteiger partial charge in [-0.05, 0) is 17.9 Å². The van der Waals surface area contributed by atoms with Gasteiger partial charge in [0.25, 0.3) is 0 Å². The SMILES string of the molecule is C=C(C)SC(=C)c1ccccc1OC.CC. The molecule has 0 atom stereocenters. The van der Waals surface area contributed by atoms with Crippen molar-refractivity contribution in [1.29, 1.82) is 0 Å². The van der Waals surface area contributed by atoms with Gasteiger partial charge in [0, 0.05) is 10.5 Å². The van der Waals surface area contributed by atoms with Crippen LogP contribution in [0.4, 0.5) is 0 Å². The van der Waals surface area contributed by atoms with Gasteiger partial charge in [-0.15, -0.1) is 0 Å². The molecule has 0 N–H and O–H groups in total. The van der Waals surface area contributed by atoms with Crippen LogP contribution in [0.2, 0.25) is 0 Å². The number of hydrogen-bond donors (Lipinski definition) is 0. The Morgan fingerprint density at radius 3 is 2.25 bits per heavy atom. The van der Waals surface area contributed by atoms with Crippen molar-refractivity contribution in [3.8, 4) is 5.75 Å². The molecule has 0 saturated carbocycles. The van der Waals surface area contributed by atoms with Gasteiger partial charge in [-0.3, -0.25) is 0 Å². The summed E-state index contributed by atoms with van der Waals surface area (Å²) in [5, 5.41) is 0. The lowest BCUT2D eigenvalue weighted by molar-refractivity contribution is 0.414. The molecular weight excluding hydrogens is 216 g/mol. The first-order valence-electron chi connectivity index (χ1n) is 5.31. The van der Waals surface area contributed by atoms with Crippen molar-refractivity contribution in [2.75, 3.05) is 7.11 Å². The molecule has 0 bridgehead atoms. The smallest absolute Gasteiger partial charge is 0.127 e. The highest BCUT2D eigenvalue weighted by atomic mass is 32.2. The minimum Gasteiger partial charge on any atom is -0.496 e. The summed E-state index contributed by atoms with van der Waals surface area (Å²) in [6, 6.07) is 7.85. The van der Waals surface area contributed by atoms with Gasteiger partial charge in [0.2, 0.25) is 0 Å². The van der Waals surface area contributed by atoms with Gasteiger partial charge in [-0.1, -0.05) is 57.0 Å².